The number of sulfonamides is 1. The summed E-state index contributed by atoms with van der Waals surface area (Å²) in [6.07, 6.45) is 4.96. The summed E-state index contributed by atoms with van der Waals surface area (Å²) >= 11 is 7.71. The molecule has 0 aromatic heterocycles. The van der Waals surface area contributed by atoms with Gasteiger partial charge in [0.15, 0.2) is 0 Å². The molecule has 0 aliphatic carbocycles. The predicted molar refractivity (Wildman–Crippen MR) is 89.5 cm³/mol. The number of benzene rings is 1. The van der Waals surface area contributed by atoms with Gasteiger partial charge >= 0.3 is 0 Å². The molecule has 0 aliphatic heterocycles. The number of hydrogen-bond donors (Lipinski definition) is 2. The highest BCUT2D eigenvalue weighted by Crippen LogP contribution is 2.24. The number of aliphatic hydroxyl groups is 1. The maximum atomic E-state index is 12.3. The highest BCUT2D eigenvalue weighted by molar-refractivity contribution is 7.98. The third kappa shape index (κ3) is 5.79. The van der Waals surface area contributed by atoms with E-state index in [9.17, 15) is 13.5 Å². The van der Waals surface area contributed by atoms with Crippen LogP contribution in [0.3, 0.4) is 0 Å². The second-order valence-corrected chi connectivity index (χ2v) is 7.95. The van der Waals surface area contributed by atoms with Gasteiger partial charge in [0.25, 0.3) is 0 Å². The van der Waals surface area contributed by atoms with Crippen molar-refractivity contribution in [2.45, 2.75) is 37.7 Å². The van der Waals surface area contributed by atoms with Crippen LogP contribution < -0.4 is 4.72 Å². The molecule has 0 aliphatic rings. The summed E-state index contributed by atoms with van der Waals surface area (Å²) in [7, 11) is -3.59. The van der Waals surface area contributed by atoms with Crippen molar-refractivity contribution in [3.05, 3.63) is 28.3 Å². The van der Waals surface area contributed by atoms with Crippen molar-refractivity contribution in [1.29, 1.82) is 0 Å². The van der Waals surface area contributed by atoms with Gasteiger partial charge in [0.1, 0.15) is 0 Å². The van der Waals surface area contributed by atoms with Gasteiger partial charge in [-0.2, -0.15) is 11.8 Å². The fourth-order valence-electron chi connectivity index (χ4n) is 1.98. The molecule has 1 aromatic carbocycles. The highest BCUT2D eigenvalue weighted by Gasteiger charge is 2.19. The summed E-state index contributed by atoms with van der Waals surface area (Å²) in [5.41, 5.74) is 1.07. The summed E-state index contributed by atoms with van der Waals surface area (Å²) in [6, 6.07) is 3.00. The van der Waals surface area contributed by atoms with Crippen LogP contribution in [0.2, 0.25) is 5.02 Å². The van der Waals surface area contributed by atoms with E-state index >= 15 is 0 Å². The van der Waals surface area contributed by atoms with Crippen LogP contribution in [0.25, 0.3) is 0 Å². The van der Waals surface area contributed by atoms with Gasteiger partial charge in [0.05, 0.1) is 11.5 Å². The quantitative estimate of drug-likeness (QED) is 0.671. The summed E-state index contributed by atoms with van der Waals surface area (Å²) in [5, 5.41) is 9.56. The molecule has 0 atom stereocenters. The Morgan fingerprint density at radius 3 is 2.62 bits per heavy atom. The van der Waals surface area contributed by atoms with E-state index in [2.05, 4.69) is 11.0 Å². The van der Waals surface area contributed by atoms with Crippen molar-refractivity contribution in [2.24, 2.45) is 0 Å². The molecule has 0 bridgehead atoms. The fraction of sp³-hybridized carbons (Fsp3) is 0.571. The first-order chi connectivity index (χ1) is 9.92. The molecule has 0 spiro atoms. The molecular formula is C14H22ClNO3S2. The van der Waals surface area contributed by atoms with Gasteiger partial charge in [-0.05, 0) is 55.0 Å². The first kappa shape index (κ1) is 18.8. The van der Waals surface area contributed by atoms with E-state index in [0.717, 1.165) is 25.0 Å². The Bertz CT molecular complexity index is 562. The average Bonchev–Trinajstić information content (AvgIpc) is 2.44. The van der Waals surface area contributed by atoms with Crippen LogP contribution in [0.4, 0.5) is 0 Å². The zero-order valence-corrected chi connectivity index (χ0v) is 14.7. The Labute approximate surface area is 136 Å². The molecule has 2 N–H and O–H groups in total. The van der Waals surface area contributed by atoms with Crippen molar-refractivity contribution in [1.82, 2.24) is 4.72 Å². The lowest BCUT2D eigenvalue weighted by Crippen LogP contribution is -2.25. The van der Waals surface area contributed by atoms with Crippen LogP contribution >= 0.6 is 23.4 Å². The van der Waals surface area contributed by atoms with Gasteiger partial charge in [-0.15, -0.1) is 0 Å². The van der Waals surface area contributed by atoms with E-state index in [1.807, 2.05) is 0 Å². The summed E-state index contributed by atoms with van der Waals surface area (Å²) < 4.78 is 27.2. The van der Waals surface area contributed by atoms with Crippen molar-refractivity contribution >= 4 is 33.4 Å². The van der Waals surface area contributed by atoms with Crippen molar-refractivity contribution in [2.75, 3.05) is 18.6 Å². The molecule has 1 aromatic rings. The number of nitrogens with one attached hydrogen (secondary N) is 1. The normalized spacial score (nSPS) is 11.8. The molecule has 4 nitrogen and oxygen atoms in total. The fourth-order valence-corrected chi connectivity index (χ4v) is 4.17. The van der Waals surface area contributed by atoms with Crippen LogP contribution in [0, 0.1) is 6.92 Å². The van der Waals surface area contributed by atoms with Gasteiger partial charge in [-0.1, -0.05) is 18.0 Å². The average molecular weight is 352 g/mol. The number of rotatable bonds is 9. The second kappa shape index (κ2) is 9.00. The monoisotopic (exact) mass is 351 g/mol. The van der Waals surface area contributed by atoms with Crippen molar-refractivity contribution in [3.8, 4) is 0 Å². The minimum absolute atomic E-state index is 0.142. The zero-order chi connectivity index (χ0) is 15.9. The Hall–Kier alpha value is -0.270. The first-order valence-electron chi connectivity index (χ1n) is 6.81. The molecule has 0 unspecified atom stereocenters. The van der Waals surface area contributed by atoms with E-state index in [4.69, 9.17) is 11.6 Å². The maximum absolute atomic E-state index is 12.3. The lowest BCUT2D eigenvalue weighted by Gasteiger charge is -2.12. The lowest BCUT2D eigenvalue weighted by atomic mass is 10.1. The molecule has 0 amide bonds. The second-order valence-electron chi connectivity index (χ2n) is 4.80. The molecule has 0 fully saturated rings. The number of hydrogen-bond acceptors (Lipinski definition) is 4. The van der Waals surface area contributed by atoms with Crippen LogP contribution in [-0.4, -0.2) is 32.1 Å². The molecule has 7 heteroatoms. The SMILES string of the molecule is CSCCCCCNS(=O)(=O)c1cc(Cl)cc(CO)c1C. The van der Waals surface area contributed by atoms with E-state index in [-0.39, 0.29) is 11.5 Å². The number of aliphatic hydroxyl groups excluding tert-OH is 1. The van der Waals surface area contributed by atoms with Gasteiger partial charge in [0, 0.05) is 11.6 Å². The van der Waals surface area contributed by atoms with Crippen LogP contribution in [-0.2, 0) is 16.6 Å². The van der Waals surface area contributed by atoms with Gasteiger partial charge in [-0.25, -0.2) is 13.1 Å². The summed E-state index contributed by atoms with van der Waals surface area (Å²) in [4.78, 5) is 0.142. The third-order valence-corrected chi connectivity index (χ3v) is 5.71. The number of thioether (sulfide) groups is 1. The molecule has 21 heavy (non-hydrogen) atoms. The van der Waals surface area contributed by atoms with Crippen LogP contribution in [0.15, 0.2) is 17.0 Å². The minimum atomic E-state index is -3.59. The Morgan fingerprint density at radius 2 is 2.00 bits per heavy atom. The molecule has 1 rings (SSSR count). The van der Waals surface area contributed by atoms with E-state index in [1.54, 1.807) is 24.8 Å². The summed E-state index contributed by atoms with van der Waals surface area (Å²) in [6.45, 7) is 1.86. The molecule has 120 valence electrons. The summed E-state index contributed by atoms with van der Waals surface area (Å²) in [5.74, 6) is 1.10. The maximum Gasteiger partial charge on any atom is 0.240 e. The van der Waals surface area contributed by atoms with Crippen LogP contribution in [0.5, 0.6) is 0 Å². The van der Waals surface area contributed by atoms with Crippen molar-refractivity contribution < 1.29 is 13.5 Å². The number of unbranched alkanes of at least 4 members (excludes halogenated alkanes) is 2. The largest absolute Gasteiger partial charge is 0.392 e. The van der Waals surface area contributed by atoms with Gasteiger partial charge < -0.3 is 5.11 Å². The zero-order valence-electron chi connectivity index (χ0n) is 12.4. The number of halogens is 1. The van der Waals surface area contributed by atoms with Crippen LogP contribution in [0.1, 0.15) is 30.4 Å². The van der Waals surface area contributed by atoms with Gasteiger partial charge in [0.2, 0.25) is 10.0 Å². The van der Waals surface area contributed by atoms with E-state index in [0.29, 0.717) is 22.7 Å². The lowest BCUT2D eigenvalue weighted by molar-refractivity contribution is 0.280. The third-order valence-electron chi connectivity index (χ3n) is 3.21. The minimum Gasteiger partial charge on any atom is -0.392 e. The van der Waals surface area contributed by atoms with E-state index in [1.165, 1.54) is 6.07 Å². The Morgan fingerprint density at radius 1 is 1.29 bits per heavy atom. The molecule has 0 radical (unpaired) electrons. The first-order valence-corrected chi connectivity index (χ1v) is 10.1. The van der Waals surface area contributed by atoms with Gasteiger partial charge in [-0.3, -0.25) is 0 Å². The smallest absolute Gasteiger partial charge is 0.240 e. The molecule has 0 saturated carbocycles. The molecule has 0 saturated heterocycles. The van der Waals surface area contributed by atoms with Crippen molar-refractivity contribution in [3.63, 3.8) is 0 Å². The highest BCUT2D eigenvalue weighted by atomic mass is 35.5. The Balaban J connectivity index is 2.72. The molecular weight excluding hydrogens is 330 g/mol. The Kier molecular flexibility index (Phi) is 8.05. The topological polar surface area (TPSA) is 66.4 Å². The van der Waals surface area contributed by atoms with E-state index < -0.39 is 10.0 Å². The standard InChI is InChI=1S/C14H22ClNO3S2/c1-11-12(10-17)8-13(15)9-14(11)21(18,19)16-6-4-3-5-7-20-2/h8-9,16-17H,3-7,10H2,1-2H3. The predicted octanol–water partition coefficient (Wildman–Crippen LogP) is 2.95. The molecule has 0 heterocycles.